The SMILES string of the molecule is CC(C)CNS(=O)(=O)NC(C)(CN)C1CC1. The van der Waals surface area contributed by atoms with Crippen LogP contribution in [0, 0.1) is 11.8 Å². The van der Waals surface area contributed by atoms with Crippen molar-refractivity contribution in [2.75, 3.05) is 13.1 Å². The van der Waals surface area contributed by atoms with Crippen LogP contribution in [0.4, 0.5) is 0 Å². The minimum Gasteiger partial charge on any atom is -0.329 e. The van der Waals surface area contributed by atoms with Crippen molar-refractivity contribution in [2.24, 2.45) is 17.6 Å². The van der Waals surface area contributed by atoms with E-state index in [0.29, 0.717) is 24.9 Å². The minimum absolute atomic E-state index is 0.293. The molecule has 1 aliphatic rings. The van der Waals surface area contributed by atoms with Crippen molar-refractivity contribution in [1.82, 2.24) is 9.44 Å². The van der Waals surface area contributed by atoms with Crippen molar-refractivity contribution in [3.63, 3.8) is 0 Å². The Labute approximate surface area is 98.4 Å². The number of nitrogens with two attached hydrogens (primary N) is 1. The highest BCUT2D eigenvalue weighted by Gasteiger charge is 2.42. The van der Waals surface area contributed by atoms with Gasteiger partial charge in [-0.25, -0.2) is 4.72 Å². The molecule has 0 bridgehead atoms. The monoisotopic (exact) mass is 249 g/mol. The van der Waals surface area contributed by atoms with E-state index in [2.05, 4.69) is 9.44 Å². The lowest BCUT2D eigenvalue weighted by molar-refractivity contribution is 0.371. The highest BCUT2D eigenvalue weighted by molar-refractivity contribution is 7.87. The zero-order chi connectivity index (χ0) is 12.4. The van der Waals surface area contributed by atoms with Gasteiger partial charge >= 0.3 is 0 Å². The van der Waals surface area contributed by atoms with E-state index in [0.717, 1.165) is 12.8 Å². The molecule has 0 aromatic heterocycles. The molecule has 4 N–H and O–H groups in total. The molecule has 0 saturated heterocycles. The summed E-state index contributed by atoms with van der Waals surface area (Å²) in [6.07, 6.45) is 2.11. The van der Waals surface area contributed by atoms with E-state index in [-0.39, 0.29) is 0 Å². The molecule has 1 rings (SSSR count). The zero-order valence-corrected chi connectivity index (χ0v) is 11.1. The average Bonchev–Trinajstić information content (AvgIpc) is 2.97. The normalized spacial score (nSPS) is 21.1. The van der Waals surface area contributed by atoms with Crippen molar-refractivity contribution in [2.45, 2.75) is 39.2 Å². The first-order chi connectivity index (χ1) is 7.29. The van der Waals surface area contributed by atoms with Gasteiger partial charge in [0.1, 0.15) is 0 Å². The topological polar surface area (TPSA) is 84.2 Å². The van der Waals surface area contributed by atoms with Crippen molar-refractivity contribution >= 4 is 10.2 Å². The Hall–Kier alpha value is -0.170. The van der Waals surface area contributed by atoms with E-state index in [9.17, 15) is 8.42 Å². The van der Waals surface area contributed by atoms with Gasteiger partial charge in [0, 0.05) is 18.6 Å². The third-order valence-electron chi connectivity index (χ3n) is 2.95. The molecule has 0 radical (unpaired) electrons. The molecule has 0 heterocycles. The molecule has 1 aliphatic carbocycles. The Balaban J connectivity index is 2.56. The summed E-state index contributed by atoms with van der Waals surface area (Å²) < 4.78 is 28.7. The molecule has 0 spiro atoms. The first-order valence-corrected chi connectivity index (χ1v) is 7.26. The molecule has 96 valence electrons. The van der Waals surface area contributed by atoms with Gasteiger partial charge < -0.3 is 5.73 Å². The van der Waals surface area contributed by atoms with Crippen LogP contribution < -0.4 is 15.2 Å². The molecular weight excluding hydrogens is 226 g/mol. The lowest BCUT2D eigenvalue weighted by Gasteiger charge is -2.29. The first kappa shape index (κ1) is 13.9. The van der Waals surface area contributed by atoms with Crippen LogP contribution in [-0.2, 0) is 10.2 Å². The average molecular weight is 249 g/mol. The van der Waals surface area contributed by atoms with Gasteiger partial charge in [-0.05, 0) is 31.6 Å². The van der Waals surface area contributed by atoms with Gasteiger partial charge in [0.25, 0.3) is 10.2 Å². The maximum absolute atomic E-state index is 11.8. The van der Waals surface area contributed by atoms with Crippen molar-refractivity contribution in [3.05, 3.63) is 0 Å². The molecule has 0 aromatic carbocycles. The van der Waals surface area contributed by atoms with Crippen molar-refractivity contribution in [3.8, 4) is 0 Å². The molecule has 0 aromatic rings. The third kappa shape index (κ3) is 4.01. The van der Waals surface area contributed by atoms with Gasteiger partial charge in [-0.3, -0.25) is 0 Å². The van der Waals surface area contributed by atoms with E-state index >= 15 is 0 Å². The highest BCUT2D eigenvalue weighted by atomic mass is 32.2. The van der Waals surface area contributed by atoms with E-state index in [4.69, 9.17) is 5.73 Å². The smallest absolute Gasteiger partial charge is 0.277 e. The van der Waals surface area contributed by atoms with Crippen LogP contribution in [0.15, 0.2) is 0 Å². The van der Waals surface area contributed by atoms with Crippen LogP contribution in [0.3, 0.4) is 0 Å². The van der Waals surface area contributed by atoms with E-state index in [1.807, 2.05) is 20.8 Å². The fraction of sp³-hybridized carbons (Fsp3) is 1.00. The van der Waals surface area contributed by atoms with Crippen molar-refractivity contribution < 1.29 is 8.42 Å². The van der Waals surface area contributed by atoms with E-state index in [1.165, 1.54) is 0 Å². The zero-order valence-electron chi connectivity index (χ0n) is 10.3. The largest absolute Gasteiger partial charge is 0.329 e. The second-order valence-corrected chi connectivity index (χ2v) is 6.74. The van der Waals surface area contributed by atoms with Gasteiger partial charge in [0.15, 0.2) is 0 Å². The van der Waals surface area contributed by atoms with Crippen LogP contribution in [0.25, 0.3) is 0 Å². The van der Waals surface area contributed by atoms with Gasteiger partial charge in [-0.2, -0.15) is 13.1 Å². The van der Waals surface area contributed by atoms with E-state index in [1.54, 1.807) is 0 Å². The molecule has 0 aliphatic heterocycles. The van der Waals surface area contributed by atoms with Gasteiger partial charge in [-0.1, -0.05) is 13.8 Å². The molecule has 1 atom stereocenters. The molecule has 5 nitrogen and oxygen atoms in total. The quantitative estimate of drug-likeness (QED) is 0.602. The maximum Gasteiger partial charge on any atom is 0.277 e. The molecule has 1 unspecified atom stereocenters. The van der Waals surface area contributed by atoms with Crippen LogP contribution >= 0.6 is 0 Å². The second kappa shape index (κ2) is 5.00. The molecule has 16 heavy (non-hydrogen) atoms. The summed E-state index contributed by atoms with van der Waals surface area (Å²) in [7, 11) is -3.43. The first-order valence-electron chi connectivity index (χ1n) is 5.78. The summed E-state index contributed by atoms with van der Waals surface area (Å²) >= 11 is 0. The fourth-order valence-corrected chi connectivity index (χ4v) is 3.12. The Morgan fingerprint density at radius 2 is 2.00 bits per heavy atom. The fourth-order valence-electron chi connectivity index (χ4n) is 1.63. The number of rotatable bonds is 7. The number of hydrogen-bond acceptors (Lipinski definition) is 3. The summed E-state index contributed by atoms with van der Waals surface area (Å²) in [6.45, 7) is 6.58. The van der Waals surface area contributed by atoms with Crippen LogP contribution in [0.2, 0.25) is 0 Å². The third-order valence-corrected chi connectivity index (χ3v) is 4.23. The maximum atomic E-state index is 11.8. The Bertz CT molecular complexity index is 325. The Morgan fingerprint density at radius 3 is 2.38 bits per heavy atom. The molecule has 1 saturated carbocycles. The van der Waals surface area contributed by atoms with Gasteiger partial charge in [-0.15, -0.1) is 0 Å². The summed E-state index contributed by atoms with van der Waals surface area (Å²) in [6, 6.07) is 0. The predicted octanol–water partition coefficient (Wildman–Crippen LogP) is 0.194. The van der Waals surface area contributed by atoms with Crippen LogP contribution in [0.5, 0.6) is 0 Å². The molecular formula is C10H23N3O2S. The van der Waals surface area contributed by atoms with Gasteiger partial charge in [0.05, 0.1) is 0 Å². The summed E-state index contributed by atoms with van der Waals surface area (Å²) in [4.78, 5) is 0. The lowest BCUT2D eigenvalue weighted by atomic mass is 9.98. The highest BCUT2D eigenvalue weighted by Crippen LogP contribution is 2.39. The van der Waals surface area contributed by atoms with Gasteiger partial charge in [0.2, 0.25) is 0 Å². The summed E-state index contributed by atoms with van der Waals surface area (Å²) in [5.74, 6) is 0.676. The number of hydrogen-bond donors (Lipinski definition) is 3. The van der Waals surface area contributed by atoms with E-state index < -0.39 is 15.7 Å². The second-order valence-electron chi connectivity index (χ2n) is 5.24. The lowest BCUT2D eigenvalue weighted by Crippen LogP contribution is -2.56. The Morgan fingerprint density at radius 1 is 1.44 bits per heavy atom. The van der Waals surface area contributed by atoms with Crippen molar-refractivity contribution in [1.29, 1.82) is 0 Å². The Kier molecular flexibility index (Phi) is 4.34. The molecule has 1 fully saturated rings. The molecule has 0 amide bonds. The van der Waals surface area contributed by atoms with Crippen LogP contribution in [-0.4, -0.2) is 27.0 Å². The summed E-state index contributed by atoms with van der Waals surface area (Å²) in [5.41, 5.74) is 5.16. The minimum atomic E-state index is -3.43. The standard InChI is InChI=1S/C10H23N3O2S/c1-8(2)6-12-16(14,15)13-10(3,7-11)9-4-5-9/h8-9,12-13H,4-7,11H2,1-3H3. The molecule has 6 heteroatoms. The number of nitrogens with one attached hydrogen (secondary N) is 2. The summed E-state index contributed by atoms with van der Waals surface area (Å²) in [5, 5.41) is 0. The van der Waals surface area contributed by atoms with Crippen LogP contribution in [0.1, 0.15) is 33.6 Å². The predicted molar refractivity (Wildman–Crippen MR) is 65.1 cm³/mol.